The van der Waals surface area contributed by atoms with E-state index in [4.69, 9.17) is 4.74 Å². The molecule has 0 bridgehead atoms. The highest BCUT2D eigenvalue weighted by molar-refractivity contribution is 5.53. The molecule has 0 fully saturated rings. The quantitative estimate of drug-likeness (QED) is 0.622. The third kappa shape index (κ3) is 1.86. The molecule has 2 aliphatic rings. The molecule has 2 rings (SSSR count). The first kappa shape index (κ1) is 9.78. The molecule has 0 spiro atoms. The van der Waals surface area contributed by atoms with Crippen LogP contribution in [0.3, 0.4) is 0 Å². The maximum atomic E-state index is 5.79. The standard InChI is InChI=1S/C14H14O/c1-3-7-11-10-12-8-5-6-9-14(12)15-13(11)4-2/h3-5,7-10H,1,6H2,2H3/b11-7-,13-4+. The lowest BCUT2D eigenvalue weighted by Crippen LogP contribution is -2.06. The first-order valence-corrected chi connectivity index (χ1v) is 5.11. The van der Waals surface area contributed by atoms with Gasteiger partial charge in [0.25, 0.3) is 0 Å². The first-order valence-electron chi connectivity index (χ1n) is 5.11. The second-order valence-corrected chi connectivity index (χ2v) is 3.42. The third-order valence-corrected chi connectivity index (χ3v) is 2.40. The number of fused-ring (bicyclic) bond motifs is 1. The van der Waals surface area contributed by atoms with Crippen LogP contribution >= 0.6 is 0 Å². The van der Waals surface area contributed by atoms with Crippen LogP contribution in [0.15, 0.2) is 71.8 Å². The van der Waals surface area contributed by atoms with Crippen LogP contribution in [0, 0.1) is 0 Å². The Morgan fingerprint density at radius 3 is 3.07 bits per heavy atom. The monoisotopic (exact) mass is 198 g/mol. The number of allylic oxidation sites excluding steroid dienone is 7. The van der Waals surface area contributed by atoms with Gasteiger partial charge < -0.3 is 4.74 Å². The molecule has 0 atom stereocenters. The van der Waals surface area contributed by atoms with E-state index in [2.05, 4.69) is 30.9 Å². The number of rotatable bonds is 1. The van der Waals surface area contributed by atoms with Crippen LogP contribution in [0.25, 0.3) is 0 Å². The molecule has 0 aromatic rings. The van der Waals surface area contributed by atoms with Gasteiger partial charge in [0.05, 0.1) is 0 Å². The Hall–Kier alpha value is -1.76. The maximum absolute atomic E-state index is 5.79. The minimum absolute atomic E-state index is 0.903. The van der Waals surface area contributed by atoms with Gasteiger partial charge in [0.2, 0.25) is 0 Å². The van der Waals surface area contributed by atoms with Crippen LogP contribution in [-0.4, -0.2) is 0 Å². The van der Waals surface area contributed by atoms with E-state index in [0.29, 0.717) is 0 Å². The first-order chi connectivity index (χ1) is 7.35. The van der Waals surface area contributed by atoms with Gasteiger partial charge in [-0.25, -0.2) is 0 Å². The lowest BCUT2D eigenvalue weighted by molar-refractivity contribution is 0.318. The van der Waals surface area contributed by atoms with Gasteiger partial charge in [0, 0.05) is 11.1 Å². The molecular formula is C14H14O. The highest BCUT2D eigenvalue weighted by Crippen LogP contribution is 2.32. The molecule has 0 radical (unpaired) electrons. The van der Waals surface area contributed by atoms with E-state index in [0.717, 1.165) is 29.1 Å². The predicted octanol–water partition coefficient (Wildman–Crippen LogP) is 3.80. The fourth-order valence-electron chi connectivity index (χ4n) is 1.69. The largest absolute Gasteiger partial charge is 0.457 e. The zero-order valence-electron chi connectivity index (χ0n) is 8.86. The van der Waals surface area contributed by atoms with Gasteiger partial charge >= 0.3 is 0 Å². The molecular weight excluding hydrogens is 184 g/mol. The summed E-state index contributed by atoms with van der Waals surface area (Å²) < 4.78 is 5.79. The summed E-state index contributed by atoms with van der Waals surface area (Å²) in [6.45, 7) is 5.68. The van der Waals surface area contributed by atoms with Crippen LogP contribution in [0.2, 0.25) is 0 Å². The summed E-state index contributed by atoms with van der Waals surface area (Å²) >= 11 is 0. The van der Waals surface area contributed by atoms with Crippen molar-refractivity contribution in [1.29, 1.82) is 0 Å². The van der Waals surface area contributed by atoms with Crippen molar-refractivity contribution >= 4 is 0 Å². The highest BCUT2D eigenvalue weighted by Gasteiger charge is 2.17. The van der Waals surface area contributed by atoms with Crippen molar-refractivity contribution in [3.63, 3.8) is 0 Å². The summed E-state index contributed by atoms with van der Waals surface area (Å²) in [6, 6.07) is 0. The molecule has 0 unspecified atom stereocenters. The SMILES string of the molecule is C=C/C=C1/C=C2C=CCC=C2O/C1=C/C. The Kier molecular flexibility index (Phi) is 2.72. The van der Waals surface area contributed by atoms with Crippen LogP contribution in [0.5, 0.6) is 0 Å². The summed E-state index contributed by atoms with van der Waals surface area (Å²) in [5, 5.41) is 0. The molecule has 0 saturated heterocycles. The summed E-state index contributed by atoms with van der Waals surface area (Å²) in [7, 11) is 0. The molecule has 1 aliphatic heterocycles. The van der Waals surface area contributed by atoms with Crippen molar-refractivity contribution in [2.24, 2.45) is 0 Å². The predicted molar refractivity (Wildman–Crippen MR) is 63.0 cm³/mol. The van der Waals surface area contributed by atoms with Gasteiger partial charge in [0.1, 0.15) is 11.5 Å². The van der Waals surface area contributed by atoms with Crippen molar-refractivity contribution < 1.29 is 4.74 Å². The van der Waals surface area contributed by atoms with E-state index in [1.165, 1.54) is 0 Å². The second kappa shape index (κ2) is 4.18. The minimum atomic E-state index is 0.903. The molecule has 1 heteroatoms. The molecule has 0 N–H and O–H groups in total. The van der Waals surface area contributed by atoms with Gasteiger partial charge in [0.15, 0.2) is 0 Å². The molecule has 0 aromatic carbocycles. The van der Waals surface area contributed by atoms with Crippen LogP contribution in [-0.2, 0) is 4.74 Å². The summed E-state index contributed by atoms with van der Waals surface area (Å²) in [6.07, 6.45) is 15.1. The average Bonchev–Trinajstić information content (AvgIpc) is 2.28. The average molecular weight is 198 g/mol. The normalized spacial score (nSPS) is 24.3. The lowest BCUT2D eigenvalue weighted by Gasteiger charge is -2.22. The molecule has 15 heavy (non-hydrogen) atoms. The van der Waals surface area contributed by atoms with Gasteiger partial charge in [-0.3, -0.25) is 0 Å². The molecule has 1 aliphatic carbocycles. The Labute approximate surface area is 90.4 Å². The Morgan fingerprint density at radius 2 is 2.33 bits per heavy atom. The van der Waals surface area contributed by atoms with E-state index in [9.17, 15) is 0 Å². The van der Waals surface area contributed by atoms with E-state index in [1.807, 2.05) is 19.1 Å². The Morgan fingerprint density at radius 1 is 1.47 bits per heavy atom. The van der Waals surface area contributed by atoms with Crippen molar-refractivity contribution in [2.75, 3.05) is 0 Å². The van der Waals surface area contributed by atoms with Crippen LogP contribution in [0.1, 0.15) is 13.3 Å². The van der Waals surface area contributed by atoms with Gasteiger partial charge in [-0.2, -0.15) is 0 Å². The van der Waals surface area contributed by atoms with Crippen molar-refractivity contribution in [3.8, 4) is 0 Å². The topological polar surface area (TPSA) is 9.23 Å². The lowest BCUT2D eigenvalue weighted by atomic mass is 10.00. The molecule has 76 valence electrons. The summed E-state index contributed by atoms with van der Waals surface area (Å²) in [5.41, 5.74) is 2.21. The van der Waals surface area contributed by atoms with Crippen LogP contribution < -0.4 is 0 Å². The zero-order valence-corrected chi connectivity index (χ0v) is 8.86. The van der Waals surface area contributed by atoms with E-state index < -0.39 is 0 Å². The fraction of sp³-hybridized carbons (Fsp3) is 0.143. The van der Waals surface area contributed by atoms with E-state index in [1.54, 1.807) is 6.08 Å². The summed E-state index contributed by atoms with van der Waals surface area (Å²) in [4.78, 5) is 0. The van der Waals surface area contributed by atoms with Gasteiger partial charge in [-0.05, 0) is 31.6 Å². The second-order valence-electron chi connectivity index (χ2n) is 3.42. The Balaban J connectivity index is 2.46. The molecule has 0 saturated carbocycles. The van der Waals surface area contributed by atoms with Crippen molar-refractivity contribution in [3.05, 3.63) is 71.8 Å². The molecule has 0 aromatic heterocycles. The maximum Gasteiger partial charge on any atom is 0.131 e. The zero-order chi connectivity index (χ0) is 10.7. The molecule has 1 nitrogen and oxygen atoms in total. The Bertz CT molecular complexity index is 428. The van der Waals surface area contributed by atoms with E-state index in [-0.39, 0.29) is 0 Å². The third-order valence-electron chi connectivity index (χ3n) is 2.40. The van der Waals surface area contributed by atoms with Gasteiger partial charge in [-0.15, -0.1) is 0 Å². The van der Waals surface area contributed by atoms with E-state index >= 15 is 0 Å². The van der Waals surface area contributed by atoms with Crippen LogP contribution in [0.4, 0.5) is 0 Å². The number of ether oxygens (including phenoxy) is 1. The van der Waals surface area contributed by atoms with Gasteiger partial charge in [-0.1, -0.05) is 30.9 Å². The molecule has 1 heterocycles. The fourth-order valence-corrected chi connectivity index (χ4v) is 1.69. The number of hydrogen-bond acceptors (Lipinski definition) is 1. The number of hydrogen-bond donors (Lipinski definition) is 0. The summed E-state index contributed by atoms with van der Waals surface area (Å²) in [5.74, 6) is 1.87. The van der Waals surface area contributed by atoms with Crippen molar-refractivity contribution in [1.82, 2.24) is 0 Å². The highest BCUT2D eigenvalue weighted by atomic mass is 16.5. The van der Waals surface area contributed by atoms with Crippen molar-refractivity contribution in [2.45, 2.75) is 13.3 Å². The minimum Gasteiger partial charge on any atom is -0.457 e. The smallest absolute Gasteiger partial charge is 0.131 e. The molecule has 0 amide bonds.